The maximum atomic E-state index is 10.6. The van der Waals surface area contributed by atoms with E-state index in [9.17, 15) is 5.11 Å². The van der Waals surface area contributed by atoms with Gasteiger partial charge in [-0.1, -0.05) is 111 Å². The van der Waals surface area contributed by atoms with Crippen molar-refractivity contribution in [3.63, 3.8) is 0 Å². The van der Waals surface area contributed by atoms with Crippen LogP contribution in [-0.4, -0.2) is 16.3 Å². The monoisotopic (exact) mass is 586 g/mol. The minimum absolute atomic E-state index is 0.0500. The van der Waals surface area contributed by atoms with E-state index in [4.69, 9.17) is 14.4 Å². The quantitative estimate of drug-likeness (QED) is 0.204. The summed E-state index contributed by atoms with van der Waals surface area (Å²) in [6.45, 7) is 8.55. The summed E-state index contributed by atoms with van der Waals surface area (Å²) in [6.07, 6.45) is 1.71. The molecular formula is C41H34N2O2. The molecule has 0 atom stereocenters. The van der Waals surface area contributed by atoms with Crippen molar-refractivity contribution < 1.29 is 9.52 Å². The standard InChI is InChI=1S/C41H34N2O2/c1-26-16-18-27(19-17-26)29-23-35(33-14-9-11-28-10-5-6-12-32(28)33)39-38(24-29)45-40(43-39)34-13-7-8-15-36(34)42-25-30-22-31(41(2,3)4)20-21-37(30)44/h5-25,44H,1-4H3. The van der Waals surface area contributed by atoms with Crippen LogP contribution >= 0.6 is 0 Å². The lowest BCUT2D eigenvalue weighted by molar-refractivity contribution is 0.473. The van der Waals surface area contributed by atoms with Gasteiger partial charge in [0.2, 0.25) is 5.89 Å². The Morgan fingerprint density at radius 3 is 2.27 bits per heavy atom. The number of hydrogen-bond acceptors (Lipinski definition) is 4. The Morgan fingerprint density at radius 1 is 0.711 bits per heavy atom. The van der Waals surface area contributed by atoms with Crippen LogP contribution in [0.15, 0.2) is 131 Å². The summed E-state index contributed by atoms with van der Waals surface area (Å²) in [5, 5.41) is 12.9. The fourth-order valence-electron chi connectivity index (χ4n) is 5.75. The molecule has 1 heterocycles. The van der Waals surface area contributed by atoms with Crippen LogP contribution in [0.5, 0.6) is 5.75 Å². The highest BCUT2D eigenvalue weighted by atomic mass is 16.3. The van der Waals surface area contributed by atoms with E-state index in [1.54, 1.807) is 12.3 Å². The third kappa shape index (κ3) is 5.51. The summed E-state index contributed by atoms with van der Waals surface area (Å²) in [5.41, 5.74) is 10.2. The van der Waals surface area contributed by atoms with Gasteiger partial charge in [0.15, 0.2) is 5.58 Å². The van der Waals surface area contributed by atoms with Crippen LogP contribution in [0, 0.1) is 6.92 Å². The number of rotatable bonds is 5. The van der Waals surface area contributed by atoms with Crippen LogP contribution < -0.4 is 0 Å². The molecule has 7 aromatic rings. The van der Waals surface area contributed by atoms with Crippen molar-refractivity contribution in [2.75, 3.05) is 0 Å². The average Bonchev–Trinajstić information content (AvgIpc) is 3.48. The van der Waals surface area contributed by atoms with Gasteiger partial charge in [0.05, 0.1) is 11.3 Å². The van der Waals surface area contributed by atoms with Crippen LogP contribution in [0.25, 0.3) is 55.6 Å². The van der Waals surface area contributed by atoms with Crippen LogP contribution in [-0.2, 0) is 5.41 Å². The van der Waals surface area contributed by atoms with Crippen molar-refractivity contribution in [3.8, 4) is 39.5 Å². The number of aromatic nitrogens is 1. The molecule has 0 unspecified atom stereocenters. The highest BCUT2D eigenvalue weighted by Crippen LogP contribution is 2.40. The molecule has 4 nitrogen and oxygen atoms in total. The van der Waals surface area contributed by atoms with E-state index in [1.165, 1.54) is 10.9 Å². The van der Waals surface area contributed by atoms with Crippen molar-refractivity contribution in [2.45, 2.75) is 33.1 Å². The van der Waals surface area contributed by atoms with Gasteiger partial charge in [-0.05, 0) is 81.8 Å². The lowest BCUT2D eigenvalue weighted by atomic mass is 9.86. The Kier molecular flexibility index (Phi) is 7.06. The molecule has 0 spiro atoms. The molecule has 4 heteroatoms. The molecule has 0 saturated heterocycles. The second kappa shape index (κ2) is 11.2. The first-order chi connectivity index (χ1) is 21.7. The molecule has 6 aromatic carbocycles. The summed E-state index contributed by atoms with van der Waals surface area (Å²) in [4.78, 5) is 9.92. The number of oxazole rings is 1. The Labute approximate surface area is 263 Å². The zero-order chi connectivity index (χ0) is 31.1. The van der Waals surface area contributed by atoms with Crippen molar-refractivity contribution in [3.05, 3.63) is 138 Å². The lowest BCUT2D eigenvalue weighted by Gasteiger charge is -2.19. The number of aliphatic imine (C=N–C) groups is 1. The minimum Gasteiger partial charge on any atom is -0.507 e. The Hall–Kier alpha value is -5.48. The fraction of sp³-hybridized carbons (Fsp3) is 0.122. The molecule has 0 aliphatic rings. The predicted octanol–water partition coefficient (Wildman–Crippen LogP) is 11.0. The molecular weight excluding hydrogens is 552 g/mol. The molecule has 0 radical (unpaired) electrons. The molecule has 220 valence electrons. The molecule has 0 amide bonds. The molecule has 0 bridgehead atoms. The van der Waals surface area contributed by atoms with Gasteiger partial charge in [-0.15, -0.1) is 0 Å². The Morgan fingerprint density at radius 2 is 1.44 bits per heavy atom. The maximum Gasteiger partial charge on any atom is 0.229 e. The molecule has 45 heavy (non-hydrogen) atoms. The SMILES string of the molecule is Cc1ccc(-c2cc(-c3cccc4ccccc34)c3nc(-c4ccccc4N=Cc4cc(C(C)(C)C)ccc4O)oc3c2)cc1. The van der Waals surface area contributed by atoms with E-state index in [1.807, 2.05) is 36.4 Å². The second-order valence-electron chi connectivity index (χ2n) is 12.6. The summed E-state index contributed by atoms with van der Waals surface area (Å²) >= 11 is 0. The fourth-order valence-corrected chi connectivity index (χ4v) is 5.75. The largest absolute Gasteiger partial charge is 0.507 e. The van der Waals surface area contributed by atoms with Crippen molar-refractivity contribution in [2.24, 2.45) is 4.99 Å². The van der Waals surface area contributed by atoms with Crippen molar-refractivity contribution in [1.29, 1.82) is 0 Å². The minimum atomic E-state index is -0.0500. The van der Waals surface area contributed by atoms with E-state index in [0.717, 1.165) is 44.3 Å². The third-order valence-corrected chi connectivity index (χ3v) is 8.33. The Balaban J connectivity index is 1.39. The number of hydrogen-bond donors (Lipinski definition) is 1. The van der Waals surface area contributed by atoms with Crippen LogP contribution in [0.4, 0.5) is 5.69 Å². The second-order valence-corrected chi connectivity index (χ2v) is 12.6. The predicted molar refractivity (Wildman–Crippen MR) is 187 cm³/mol. The number of nitrogens with zero attached hydrogens (tertiary/aromatic N) is 2. The highest BCUT2D eigenvalue weighted by Gasteiger charge is 2.19. The molecule has 0 saturated carbocycles. The summed E-state index contributed by atoms with van der Waals surface area (Å²) in [7, 11) is 0. The van der Waals surface area contributed by atoms with E-state index < -0.39 is 0 Å². The normalized spacial score (nSPS) is 12.0. The zero-order valence-electron chi connectivity index (χ0n) is 25.9. The molecule has 0 aliphatic heterocycles. The van der Waals surface area contributed by atoms with Crippen LogP contribution in [0.3, 0.4) is 0 Å². The number of aryl methyl sites for hydroxylation is 1. The number of fused-ring (bicyclic) bond motifs is 2. The van der Waals surface area contributed by atoms with Gasteiger partial charge < -0.3 is 9.52 Å². The Bertz CT molecular complexity index is 2210. The van der Waals surface area contributed by atoms with E-state index >= 15 is 0 Å². The number of phenolic OH excluding ortho intramolecular Hbond substituents is 1. The first-order valence-corrected chi connectivity index (χ1v) is 15.2. The molecule has 1 aromatic heterocycles. The van der Waals surface area contributed by atoms with Crippen LogP contribution in [0.1, 0.15) is 37.5 Å². The van der Waals surface area contributed by atoms with Crippen LogP contribution in [0.2, 0.25) is 0 Å². The number of aromatic hydroxyl groups is 1. The summed E-state index contributed by atoms with van der Waals surface area (Å²) < 4.78 is 6.56. The molecule has 0 fully saturated rings. The van der Waals surface area contributed by atoms with E-state index in [-0.39, 0.29) is 11.2 Å². The first kappa shape index (κ1) is 28.3. The summed E-state index contributed by atoms with van der Waals surface area (Å²) in [6, 6.07) is 41.2. The van der Waals surface area contributed by atoms with Gasteiger partial charge in [0.1, 0.15) is 11.3 Å². The van der Waals surface area contributed by atoms with E-state index in [0.29, 0.717) is 22.7 Å². The summed E-state index contributed by atoms with van der Waals surface area (Å²) in [5.74, 6) is 0.683. The van der Waals surface area contributed by atoms with Gasteiger partial charge in [0.25, 0.3) is 0 Å². The smallest absolute Gasteiger partial charge is 0.229 e. The maximum absolute atomic E-state index is 10.6. The third-order valence-electron chi connectivity index (χ3n) is 8.33. The van der Waals surface area contributed by atoms with Gasteiger partial charge >= 0.3 is 0 Å². The molecule has 1 N–H and O–H groups in total. The van der Waals surface area contributed by atoms with Gasteiger partial charge in [-0.3, -0.25) is 4.99 Å². The van der Waals surface area contributed by atoms with E-state index in [2.05, 4.69) is 107 Å². The number of phenols is 1. The zero-order valence-corrected chi connectivity index (χ0v) is 25.9. The van der Waals surface area contributed by atoms with Gasteiger partial charge in [-0.25, -0.2) is 4.98 Å². The molecule has 0 aliphatic carbocycles. The first-order valence-electron chi connectivity index (χ1n) is 15.2. The topological polar surface area (TPSA) is 58.6 Å². The van der Waals surface area contributed by atoms with Gasteiger partial charge in [-0.2, -0.15) is 0 Å². The highest BCUT2D eigenvalue weighted by molar-refractivity contribution is 6.05. The van der Waals surface area contributed by atoms with Gasteiger partial charge in [0, 0.05) is 17.3 Å². The molecule has 7 rings (SSSR count). The number of benzene rings is 6. The average molecular weight is 587 g/mol. The number of para-hydroxylation sites is 1. The lowest BCUT2D eigenvalue weighted by Crippen LogP contribution is -2.11. The van der Waals surface area contributed by atoms with Crippen molar-refractivity contribution in [1.82, 2.24) is 4.98 Å². The van der Waals surface area contributed by atoms with Crippen molar-refractivity contribution >= 4 is 33.8 Å².